The van der Waals surface area contributed by atoms with E-state index in [0.29, 0.717) is 53.4 Å². The van der Waals surface area contributed by atoms with Crippen LogP contribution < -0.4 is 10.2 Å². The number of hydrogen-bond acceptors (Lipinski definition) is 4. The number of hydrogen-bond donors (Lipinski definition) is 1. The topological polar surface area (TPSA) is 54.5 Å². The van der Waals surface area contributed by atoms with Gasteiger partial charge >= 0.3 is 12.3 Å². The van der Waals surface area contributed by atoms with E-state index in [4.69, 9.17) is 4.74 Å². The van der Waals surface area contributed by atoms with Gasteiger partial charge in [0.05, 0.1) is 16.9 Å². The van der Waals surface area contributed by atoms with Crippen molar-refractivity contribution in [3.05, 3.63) is 58.8 Å². The highest BCUT2D eigenvalue weighted by molar-refractivity contribution is 5.87. The summed E-state index contributed by atoms with van der Waals surface area (Å²) in [5.41, 5.74) is 2.74. The van der Waals surface area contributed by atoms with Gasteiger partial charge in [0.2, 0.25) is 0 Å². The van der Waals surface area contributed by atoms with Gasteiger partial charge in [-0.05, 0) is 68.5 Å². The first-order chi connectivity index (χ1) is 14.1. The molecule has 0 bridgehead atoms. The maximum Gasteiger partial charge on any atom is 0.416 e. The zero-order chi connectivity index (χ0) is 22.1. The molecule has 2 heterocycles. The minimum atomic E-state index is -4.40. The number of fused-ring (bicyclic) bond motifs is 1. The number of nitrogens with one attached hydrogen (secondary N) is 1. The van der Waals surface area contributed by atoms with E-state index in [9.17, 15) is 18.0 Å². The summed E-state index contributed by atoms with van der Waals surface area (Å²) in [5, 5.41) is 2.68. The Hall–Kier alpha value is -3.03. The molecule has 1 amide bonds. The number of anilines is 3. The molecule has 1 aliphatic rings. The number of alkyl halides is 3. The van der Waals surface area contributed by atoms with Gasteiger partial charge in [-0.25, -0.2) is 9.78 Å². The number of ether oxygens (including phenoxy) is 1. The van der Waals surface area contributed by atoms with Crippen molar-refractivity contribution in [3.8, 4) is 0 Å². The third kappa shape index (κ3) is 4.58. The lowest BCUT2D eigenvalue weighted by Crippen LogP contribution is -2.28. The molecule has 8 heteroatoms. The zero-order valence-corrected chi connectivity index (χ0v) is 17.2. The maximum absolute atomic E-state index is 13.4. The summed E-state index contributed by atoms with van der Waals surface area (Å²) in [5.74, 6) is 0.547. The van der Waals surface area contributed by atoms with E-state index in [1.54, 1.807) is 30.9 Å². The van der Waals surface area contributed by atoms with Crippen molar-refractivity contribution in [3.63, 3.8) is 0 Å². The average Bonchev–Trinajstić information content (AvgIpc) is 2.67. The number of aromatic nitrogens is 1. The van der Waals surface area contributed by atoms with Gasteiger partial charge in [0.1, 0.15) is 12.4 Å². The second-order valence-corrected chi connectivity index (χ2v) is 7.47. The van der Waals surface area contributed by atoms with Crippen molar-refractivity contribution < 1.29 is 22.7 Å². The fourth-order valence-electron chi connectivity index (χ4n) is 3.59. The van der Waals surface area contributed by atoms with Gasteiger partial charge in [-0.1, -0.05) is 12.6 Å². The predicted octanol–water partition coefficient (Wildman–Crippen LogP) is 5.93. The van der Waals surface area contributed by atoms with Crippen molar-refractivity contribution in [1.29, 1.82) is 0 Å². The SMILES string of the molecule is C=C(C)COC(=O)Nc1c(C)cc(N2CCCc3c2cccc3C(F)(F)F)nc1C. The van der Waals surface area contributed by atoms with Crippen LogP contribution in [-0.2, 0) is 17.3 Å². The first-order valence-corrected chi connectivity index (χ1v) is 9.61. The molecule has 1 N–H and O–H groups in total. The number of aryl methyl sites for hydroxylation is 2. The molecule has 30 heavy (non-hydrogen) atoms. The van der Waals surface area contributed by atoms with Crippen molar-refractivity contribution in [2.45, 2.75) is 39.8 Å². The molecule has 0 unspecified atom stereocenters. The van der Waals surface area contributed by atoms with Gasteiger partial charge in [-0.2, -0.15) is 13.2 Å². The molecule has 1 aromatic heterocycles. The van der Waals surface area contributed by atoms with Crippen LogP contribution in [0.4, 0.5) is 35.2 Å². The van der Waals surface area contributed by atoms with E-state index in [0.717, 1.165) is 11.6 Å². The fourth-order valence-corrected chi connectivity index (χ4v) is 3.59. The van der Waals surface area contributed by atoms with E-state index < -0.39 is 17.8 Å². The molecule has 0 atom stereocenters. The summed E-state index contributed by atoms with van der Waals surface area (Å²) in [4.78, 5) is 18.3. The number of amides is 1. The third-order valence-corrected chi connectivity index (χ3v) is 4.89. The normalized spacial score (nSPS) is 13.6. The molecule has 0 radical (unpaired) electrons. The summed E-state index contributed by atoms with van der Waals surface area (Å²) in [7, 11) is 0. The number of nitrogens with zero attached hydrogens (tertiary/aromatic N) is 2. The van der Waals surface area contributed by atoms with Crippen molar-refractivity contribution in [2.75, 3.05) is 23.4 Å². The van der Waals surface area contributed by atoms with Crippen LogP contribution in [0.5, 0.6) is 0 Å². The third-order valence-electron chi connectivity index (χ3n) is 4.89. The number of pyridine rings is 1. The van der Waals surface area contributed by atoms with Gasteiger partial charge in [-0.3, -0.25) is 5.32 Å². The Morgan fingerprint density at radius 2 is 2.07 bits per heavy atom. The van der Waals surface area contributed by atoms with Gasteiger partial charge in [-0.15, -0.1) is 0 Å². The Morgan fingerprint density at radius 1 is 1.33 bits per heavy atom. The Kier molecular flexibility index (Phi) is 6.05. The van der Waals surface area contributed by atoms with E-state index in [-0.39, 0.29) is 6.61 Å². The zero-order valence-electron chi connectivity index (χ0n) is 17.2. The summed E-state index contributed by atoms with van der Waals surface area (Å²) in [6.07, 6.45) is -4.05. The smallest absolute Gasteiger partial charge is 0.416 e. The number of rotatable bonds is 4. The van der Waals surface area contributed by atoms with Gasteiger partial charge in [0, 0.05) is 12.2 Å². The first-order valence-electron chi connectivity index (χ1n) is 9.61. The van der Waals surface area contributed by atoms with Crippen LogP contribution in [-0.4, -0.2) is 24.2 Å². The molecule has 0 saturated carbocycles. The highest BCUT2D eigenvalue weighted by Gasteiger charge is 2.36. The molecular formula is C22H24F3N3O2. The molecule has 0 spiro atoms. The Balaban J connectivity index is 1.92. The minimum absolute atomic E-state index is 0.113. The van der Waals surface area contributed by atoms with E-state index in [1.807, 2.05) is 6.92 Å². The summed E-state index contributed by atoms with van der Waals surface area (Å²) < 4.78 is 45.3. The van der Waals surface area contributed by atoms with Crippen LogP contribution in [0, 0.1) is 13.8 Å². The van der Waals surface area contributed by atoms with Crippen molar-refractivity contribution in [2.24, 2.45) is 0 Å². The number of carbonyl (C=O) groups excluding carboxylic acids is 1. The molecular weight excluding hydrogens is 395 g/mol. The van der Waals surface area contributed by atoms with Gasteiger partial charge in [0.25, 0.3) is 0 Å². The van der Waals surface area contributed by atoms with Crippen LogP contribution in [0.3, 0.4) is 0 Å². The summed E-state index contributed by atoms with van der Waals surface area (Å²) in [6, 6.07) is 6.00. The van der Waals surface area contributed by atoms with Gasteiger partial charge in [0.15, 0.2) is 0 Å². The molecule has 160 valence electrons. The maximum atomic E-state index is 13.4. The average molecular weight is 419 g/mol. The molecule has 0 saturated heterocycles. The first kappa shape index (κ1) is 21.7. The number of carbonyl (C=O) groups is 1. The second kappa shape index (κ2) is 8.38. The Morgan fingerprint density at radius 3 is 2.70 bits per heavy atom. The van der Waals surface area contributed by atoms with Crippen LogP contribution in [0.25, 0.3) is 0 Å². The lowest BCUT2D eigenvalue weighted by atomic mass is 9.95. The quantitative estimate of drug-likeness (QED) is 0.625. The number of halogens is 3. The fraction of sp³-hybridized carbons (Fsp3) is 0.364. The monoisotopic (exact) mass is 419 g/mol. The molecule has 5 nitrogen and oxygen atoms in total. The van der Waals surface area contributed by atoms with Crippen LogP contribution in [0.2, 0.25) is 0 Å². The van der Waals surface area contributed by atoms with E-state index >= 15 is 0 Å². The Labute approximate surface area is 173 Å². The highest BCUT2D eigenvalue weighted by atomic mass is 19.4. The number of benzene rings is 1. The van der Waals surface area contributed by atoms with Crippen molar-refractivity contribution in [1.82, 2.24) is 4.98 Å². The molecule has 1 aliphatic heterocycles. The van der Waals surface area contributed by atoms with E-state index in [1.165, 1.54) is 6.07 Å². The molecule has 3 rings (SSSR count). The minimum Gasteiger partial charge on any atom is -0.445 e. The molecule has 0 aliphatic carbocycles. The largest absolute Gasteiger partial charge is 0.445 e. The van der Waals surface area contributed by atoms with Gasteiger partial charge < -0.3 is 9.64 Å². The molecule has 2 aromatic rings. The second-order valence-electron chi connectivity index (χ2n) is 7.47. The van der Waals surface area contributed by atoms with E-state index in [2.05, 4.69) is 16.9 Å². The standard InChI is InChI=1S/C22H24F3N3O2/c1-13(2)12-30-21(29)27-20-14(3)11-19(26-15(20)4)28-10-6-7-16-17(22(23,24)25)8-5-9-18(16)28/h5,8-9,11H,1,6-7,10,12H2,2-4H3,(H,27,29). The lowest BCUT2D eigenvalue weighted by molar-refractivity contribution is -0.138. The molecule has 1 aromatic carbocycles. The van der Waals surface area contributed by atoms with Crippen LogP contribution >= 0.6 is 0 Å². The van der Waals surface area contributed by atoms with Crippen LogP contribution in [0.15, 0.2) is 36.4 Å². The predicted molar refractivity (Wildman–Crippen MR) is 110 cm³/mol. The highest BCUT2D eigenvalue weighted by Crippen LogP contribution is 2.41. The lowest BCUT2D eigenvalue weighted by Gasteiger charge is -2.32. The molecule has 0 fully saturated rings. The van der Waals surface area contributed by atoms with Crippen molar-refractivity contribution >= 4 is 23.3 Å². The Bertz CT molecular complexity index is 963. The summed E-state index contributed by atoms with van der Waals surface area (Å²) >= 11 is 0. The summed E-state index contributed by atoms with van der Waals surface area (Å²) in [6.45, 7) is 9.65. The van der Waals surface area contributed by atoms with Crippen LogP contribution in [0.1, 0.15) is 35.7 Å².